The Kier molecular flexibility index (Phi) is 8.59. The minimum Gasteiger partial charge on any atom is -0.484 e. The highest BCUT2D eigenvalue weighted by atomic mass is 16.5. The molecule has 3 aromatic rings. The summed E-state index contributed by atoms with van der Waals surface area (Å²) in [5.41, 5.74) is 2.65. The average Bonchev–Trinajstić information content (AvgIpc) is 2.87. The summed E-state index contributed by atoms with van der Waals surface area (Å²) in [4.78, 5) is 24.7. The number of hydrogen-bond donors (Lipinski definition) is 2. The predicted octanol–water partition coefficient (Wildman–Crippen LogP) is 4.73. The lowest BCUT2D eigenvalue weighted by Crippen LogP contribution is -2.31. The van der Waals surface area contributed by atoms with Crippen LogP contribution in [-0.4, -0.2) is 18.4 Å². The van der Waals surface area contributed by atoms with Crippen LogP contribution >= 0.6 is 0 Å². The van der Waals surface area contributed by atoms with Gasteiger partial charge in [0.15, 0.2) is 6.61 Å². The quantitative estimate of drug-likeness (QED) is 0.362. The van der Waals surface area contributed by atoms with Crippen molar-refractivity contribution in [1.29, 1.82) is 5.26 Å². The van der Waals surface area contributed by atoms with E-state index in [1.807, 2.05) is 80.6 Å². The van der Waals surface area contributed by atoms with Gasteiger partial charge < -0.3 is 15.4 Å². The van der Waals surface area contributed by atoms with Gasteiger partial charge in [-0.25, -0.2) is 0 Å². The number of nitrogens with one attached hydrogen (secondary N) is 2. The van der Waals surface area contributed by atoms with Crippen molar-refractivity contribution in [3.63, 3.8) is 0 Å². The molecule has 3 rings (SSSR count). The van der Waals surface area contributed by atoms with E-state index < -0.39 is 5.91 Å². The van der Waals surface area contributed by atoms with E-state index in [1.165, 1.54) is 6.08 Å². The molecule has 3 aromatic carbocycles. The lowest BCUT2D eigenvalue weighted by molar-refractivity contribution is -0.123. The lowest BCUT2D eigenvalue weighted by Gasteiger charge is -2.14. The van der Waals surface area contributed by atoms with Crippen molar-refractivity contribution in [2.24, 2.45) is 0 Å². The Morgan fingerprint density at radius 2 is 1.38 bits per heavy atom. The molecule has 172 valence electrons. The molecular formula is C28H27N3O3. The molecule has 0 saturated carbocycles. The van der Waals surface area contributed by atoms with Gasteiger partial charge >= 0.3 is 0 Å². The van der Waals surface area contributed by atoms with Crippen molar-refractivity contribution in [3.8, 4) is 11.8 Å². The predicted molar refractivity (Wildman–Crippen MR) is 132 cm³/mol. The lowest BCUT2D eigenvalue weighted by atomic mass is 10.1. The molecular weight excluding hydrogens is 426 g/mol. The van der Waals surface area contributed by atoms with Gasteiger partial charge in [-0.1, -0.05) is 72.8 Å². The molecule has 2 amide bonds. The Morgan fingerprint density at radius 3 is 1.91 bits per heavy atom. The number of benzene rings is 3. The van der Waals surface area contributed by atoms with E-state index in [0.29, 0.717) is 11.3 Å². The summed E-state index contributed by atoms with van der Waals surface area (Å²) in [5.74, 6) is -0.153. The minimum absolute atomic E-state index is 0.00530. The van der Waals surface area contributed by atoms with E-state index in [0.717, 1.165) is 11.1 Å². The number of carbonyl (C=O) groups excluding carboxylic acids is 2. The van der Waals surface area contributed by atoms with Gasteiger partial charge in [-0.3, -0.25) is 9.59 Å². The smallest absolute Gasteiger partial charge is 0.262 e. The summed E-state index contributed by atoms with van der Waals surface area (Å²) in [5, 5.41) is 15.2. The molecule has 0 unspecified atom stereocenters. The van der Waals surface area contributed by atoms with Crippen molar-refractivity contribution in [2.75, 3.05) is 6.61 Å². The average molecular weight is 454 g/mol. The van der Waals surface area contributed by atoms with Gasteiger partial charge in [-0.05, 0) is 48.7 Å². The summed E-state index contributed by atoms with van der Waals surface area (Å²) in [6, 6.07) is 27.7. The van der Waals surface area contributed by atoms with Crippen LogP contribution in [0.5, 0.6) is 5.75 Å². The van der Waals surface area contributed by atoms with Crippen LogP contribution in [0.1, 0.15) is 42.6 Å². The van der Waals surface area contributed by atoms with Crippen LogP contribution in [-0.2, 0) is 9.59 Å². The van der Waals surface area contributed by atoms with E-state index in [-0.39, 0.29) is 30.2 Å². The second kappa shape index (κ2) is 12.0. The van der Waals surface area contributed by atoms with Crippen molar-refractivity contribution in [2.45, 2.75) is 25.9 Å². The first kappa shape index (κ1) is 24.3. The standard InChI is InChI=1S/C28H27N3O3/c1-20(23-9-5-3-6-10-23)30-27(32)19-34-26-15-13-22(14-16-26)17-25(18-29)28(33)31-21(2)24-11-7-4-8-12-24/h3-17,20-21H,19H2,1-2H3,(H,30,32)(H,31,33)/b25-17+/t20-,21-/m1/s1. The highest BCUT2D eigenvalue weighted by molar-refractivity contribution is 6.01. The third-order valence-electron chi connectivity index (χ3n) is 5.25. The SMILES string of the molecule is C[C@@H](NC(=O)COc1ccc(/C=C(\C#N)C(=O)N[C@H](C)c2ccccc2)cc1)c1ccccc1. The highest BCUT2D eigenvalue weighted by Crippen LogP contribution is 2.17. The summed E-state index contributed by atoms with van der Waals surface area (Å²) in [7, 11) is 0. The Hall–Kier alpha value is -4.37. The second-order valence-electron chi connectivity index (χ2n) is 7.83. The molecule has 0 saturated heterocycles. The fraction of sp³-hybridized carbons (Fsp3) is 0.179. The molecule has 6 nitrogen and oxygen atoms in total. The largest absolute Gasteiger partial charge is 0.484 e. The van der Waals surface area contributed by atoms with E-state index in [1.54, 1.807) is 24.3 Å². The molecule has 0 radical (unpaired) electrons. The van der Waals surface area contributed by atoms with Crippen LogP contribution in [0.2, 0.25) is 0 Å². The number of rotatable bonds is 9. The summed E-state index contributed by atoms with van der Waals surface area (Å²) >= 11 is 0. The van der Waals surface area contributed by atoms with Gasteiger partial charge in [-0.2, -0.15) is 5.26 Å². The molecule has 2 N–H and O–H groups in total. The topological polar surface area (TPSA) is 91.2 Å². The first-order valence-corrected chi connectivity index (χ1v) is 11.0. The van der Waals surface area contributed by atoms with E-state index in [9.17, 15) is 14.9 Å². The number of amides is 2. The Bertz CT molecular complexity index is 1170. The van der Waals surface area contributed by atoms with Crippen molar-refractivity contribution in [3.05, 3.63) is 107 Å². The zero-order valence-electron chi connectivity index (χ0n) is 19.2. The third kappa shape index (κ3) is 7.07. The van der Waals surface area contributed by atoms with Crippen LogP contribution < -0.4 is 15.4 Å². The number of hydrogen-bond acceptors (Lipinski definition) is 4. The normalized spacial score (nSPS) is 12.7. The number of nitriles is 1. The molecule has 0 aliphatic heterocycles. The molecule has 6 heteroatoms. The maximum atomic E-state index is 12.5. The van der Waals surface area contributed by atoms with Crippen molar-refractivity contribution >= 4 is 17.9 Å². The molecule has 0 fully saturated rings. The Morgan fingerprint density at radius 1 is 0.853 bits per heavy atom. The summed E-state index contributed by atoms with van der Waals surface area (Å²) in [6.07, 6.45) is 1.52. The Balaban J connectivity index is 1.53. The Labute approximate surface area is 199 Å². The maximum absolute atomic E-state index is 12.5. The monoisotopic (exact) mass is 453 g/mol. The molecule has 0 aliphatic carbocycles. The fourth-order valence-corrected chi connectivity index (χ4v) is 3.33. The summed E-state index contributed by atoms with van der Waals surface area (Å²) < 4.78 is 5.56. The van der Waals surface area contributed by atoms with E-state index in [4.69, 9.17) is 4.74 Å². The van der Waals surface area contributed by atoms with E-state index >= 15 is 0 Å². The second-order valence-corrected chi connectivity index (χ2v) is 7.83. The molecule has 0 aliphatic rings. The number of nitrogens with zero attached hydrogens (tertiary/aromatic N) is 1. The molecule has 2 atom stereocenters. The minimum atomic E-state index is -0.441. The van der Waals surface area contributed by atoms with Crippen LogP contribution in [0.15, 0.2) is 90.5 Å². The van der Waals surface area contributed by atoms with Crippen LogP contribution in [0.4, 0.5) is 0 Å². The van der Waals surface area contributed by atoms with Crippen LogP contribution in [0.3, 0.4) is 0 Å². The molecule has 0 bridgehead atoms. The fourth-order valence-electron chi connectivity index (χ4n) is 3.33. The first-order valence-electron chi connectivity index (χ1n) is 11.0. The van der Waals surface area contributed by atoms with Crippen molar-refractivity contribution < 1.29 is 14.3 Å². The highest BCUT2D eigenvalue weighted by Gasteiger charge is 2.14. The van der Waals surface area contributed by atoms with Crippen molar-refractivity contribution in [1.82, 2.24) is 10.6 Å². The molecule has 0 heterocycles. The molecule has 0 aromatic heterocycles. The van der Waals surface area contributed by atoms with Gasteiger partial charge in [0.05, 0.1) is 12.1 Å². The zero-order chi connectivity index (χ0) is 24.3. The van der Waals surface area contributed by atoms with E-state index in [2.05, 4.69) is 10.6 Å². The van der Waals surface area contributed by atoms with Gasteiger partial charge in [0, 0.05) is 0 Å². The zero-order valence-corrected chi connectivity index (χ0v) is 19.2. The van der Waals surface area contributed by atoms with Gasteiger partial charge in [-0.15, -0.1) is 0 Å². The van der Waals surface area contributed by atoms with Crippen LogP contribution in [0, 0.1) is 11.3 Å². The van der Waals surface area contributed by atoms with Crippen LogP contribution in [0.25, 0.3) is 6.08 Å². The van der Waals surface area contributed by atoms with Gasteiger partial charge in [0.1, 0.15) is 17.4 Å². The summed E-state index contributed by atoms with van der Waals surface area (Å²) in [6.45, 7) is 3.67. The molecule has 34 heavy (non-hydrogen) atoms. The van der Waals surface area contributed by atoms with Gasteiger partial charge in [0.2, 0.25) is 0 Å². The molecule has 0 spiro atoms. The maximum Gasteiger partial charge on any atom is 0.262 e. The third-order valence-corrected chi connectivity index (χ3v) is 5.25. The number of ether oxygens (including phenoxy) is 1. The van der Waals surface area contributed by atoms with Gasteiger partial charge in [0.25, 0.3) is 11.8 Å². The first-order chi connectivity index (χ1) is 16.5. The number of carbonyl (C=O) groups is 2.